The number of rotatable bonds is 3. The molecular formula is C16H10Cl2F3N3O. The molecule has 25 heavy (non-hydrogen) atoms. The first-order valence-electron chi connectivity index (χ1n) is 6.93. The number of nitrogens with zero attached hydrogens (tertiary/aromatic N) is 3. The molecule has 1 aromatic heterocycles. The molecule has 2 aromatic carbocycles. The third-order valence-electron chi connectivity index (χ3n) is 3.45. The molecule has 0 fully saturated rings. The molecule has 0 spiro atoms. The summed E-state index contributed by atoms with van der Waals surface area (Å²) >= 11 is 12.0. The van der Waals surface area contributed by atoms with Gasteiger partial charge in [0.25, 0.3) is 0 Å². The van der Waals surface area contributed by atoms with Gasteiger partial charge in [0.05, 0.1) is 29.6 Å². The van der Waals surface area contributed by atoms with Crippen LogP contribution in [0.1, 0.15) is 5.56 Å². The van der Waals surface area contributed by atoms with Crippen LogP contribution in [0.5, 0.6) is 5.75 Å². The van der Waals surface area contributed by atoms with Gasteiger partial charge in [-0.1, -0.05) is 28.4 Å². The molecule has 9 heteroatoms. The first-order chi connectivity index (χ1) is 11.8. The molecular weight excluding hydrogens is 378 g/mol. The van der Waals surface area contributed by atoms with Crippen LogP contribution >= 0.6 is 23.2 Å². The predicted octanol–water partition coefficient (Wildman–Crippen LogP) is 5.27. The highest BCUT2D eigenvalue weighted by Gasteiger charge is 2.31. The summed E-state index contributed by atoms with van der Waals surface area (Å²) < 4.78 is 44.7. The number of ether oxygens (including phenoxy) is 1. The van der Waals surface area contributed by atoms with Crippen LogP contribution in [0.25, 0.3) is 16.9 Å². The second kappa shape index (κ2) is 6.57. The highest BCUT2D eigenvalue weighted by molar-refractivity contribution is 6.32. The van der Waals surface area contributed by atoms with E-state index in [0.29, 0.717) is 22.0 Å². The molecule has 130 valence electrons. The minimum absolute atomic E-state index is 0.0932. The summed E-state index contributed by atoms with van der Waals surface area (Å²) in [5.41, 5.74) is 0.479. The summed E-state index contributed by atoms with van der Waals surface area (Å²) in [5, 5.41) is 8.33. The Labute approximate surface area is 150 Å². The Kier molecular flexibility index (Phi) is 4.62. The fourth-order valence-electron chi connectivity index (χ4n) is 2.25. The van der Waals surface area contributed by atoms with Crippen LogP contribution in [-0.2, 0) is 6.18 Å². The molecule has 0 unspecified atom stereocenters. The van der Waals surface area contributed by atoms with Crippen LogP contribution in [0.15, 0.2) is 42.6 Å². The standard InChI is InChI=1S/C16H10Cl2F3N3O/c1-25-15-5-3-10(17)7-11(15)13-8-24(23-22-13)14-4-2-9(6-12(14)18)16(19,20)21/h2-8H,1H3. The van der Waals surface area contributed by atoms with Crippen molar-refractivity contribution in [1.29, 1.82) is 0 Å². The smallest absolute Gasteiger partial charge is 0.416 e. The van der Waals surface area contributed by atoms with Gasteiger partial charge < -0.3 is 4.74 Å². The molecule has 0 amide bonds. The van der Waals surface area contributed by atoms with Crippen molar-refractivity contribution in [3.05, 3.63) is 58.2 Å². The fraction of sp³-hybridized carbons (Fsp3) is 0.125. The topological polar surface area (TPSA) is 39.9 Å². The van der Waals surface area contributed by atoms with Gasteiger partial charge in [-0.2, -0.15) is 13.2 Å². The van der Waals surface area contributed by atoms with E-state index in [4.69, 9.17) is 27.9 Å². The second-order valence-electron chi connectivity index (χ2n) is 5.06. The van der Waals surface area contributed by atoms with E-state index in [0.717, 1.165) is 12.1 Å². The van der Waals surface area contributed by atoms with Gasteiger partial charge in [-0.25, -0.2) is 4.68 Å². The summed E-state index contributed by atoms with van der Waals surface area (Å²) in [6, 6.07) is 8.02. The van der Waals surface area contributed by atoms with Gasteiger partial charge in [-0.05, 0) is 36.4 Å². The number of methoxy groups -OCH3 is 1. The van der Waals surface area contributed by atoms with Crippen molar-refractivity contribution in [3.8, 4) is 22.7 Å². The normalized spacial score (nSPS) is 11.6. The SMILES string of the molecule is COc1ccc(Cl)cc1-c1cn(-c2ccc(C(F)(F)F)cc2Cl)nn1. The highest BCUT2D eigenvalue weighted by atomic mass is 35.5. The monoisotopic (exact) mass is 387 g/mol. The number of halogens is 5. The zero-order valence-corrected chi connectivity index (χ0v) is 14.2. The van der Waals surface area contributed by atoms with E-state index in [1.807, 2.05) is 0 Å². The lowest BCUT2D eigenvalue weighted by Crippen LogP contribution is -2.06. The van der Waals surface area contributed by atoms with Crippen LogP contribution in [-0.4, -0.2) is 22.1 Å². The number of hydrogen-bond donors (Lipinski definition) is 0. The van der Waals surface area contributed by atoms with Crippen molar-refractivity contribution >= 4 is 23.2 Å². The second-order valence-corrected chi connectivity index (χ2v) is 5.90. The van der Waals surface area contributed by atoms with Gasteiger partial charge in [0.15, 0.2) is 0 Å². The third kappa shape index (κ3) is 3.57. The van der Waals surface area contributed by atoms with Crippen molar-refractivity contribution < 1.29 is 17.9 Å². The zero-order chi connectivity index (χ0) is 18.2. The molecule has 3 aromatic rings. The Morgan fingerprint density at radius 2 is 1.84 bits per heavy atom. The van der Waals surface area contributed by atoms with E-state index < -0.39 is 11.7 Å². The van der Waals surface area contributed by atoms with Crippen LogP contribution in [0, 0.1) is 0 Å². The summed E-state index contributed by atoms with van der Waals surface area (Å²) in [6.45, 7) is 0. The summed E-state index contributed by atoms with van der Waals surface area (Å²) in [4.78, 5) is 0. The molecule has 0 aliphatic heterocycles. The number of aromatic nitrogens is 3. The lowest BCUT2D eigenvalue weighted by molar-refractivity contribution is -0.137. The van der Waals surface area contributed by atoms with Crippen LogP contribution < -0.4 is 4.74 Å². The van der Waals surface area contributed by atoms with Gasteiger partial charge in [0.2, 0.25) is 0 Å². The molecule has 0 radical (unpaired) electrons. The van der Waals surface area contributed by atoms with Crippen molar-refractivity contribution in [2.24, 2.45) is 0 Å². The molecule has 3 rings (SSSR count). The van der Waals surface area contributed by atoms with E-state index in [2.05, 4.69) is 10.3 Å². The minimum atomic E-state index is -4.47. The maximum Gasteiger partial charge on any atom is 0.416 e. The van der Waals surface area contributed by atoms with E-state index in [1.165, 1.54) is 24.1 Å². The van der Waals surface area contributed by atoms with Crippen molar-refractivity contribution in [2.45, 2.75) is 6.18 Å². The Hall–Kier alpha value is -2.25. The maximum atomic E-state index is 12.7. The Balaban J connectivity index is 2.01. The molecule has 0 atom stereocenters. The van der Waals surface area contributed by atoms with Crippen molar-refractivity contribution in [3.63, 3.8) is 0 Å². The molecule has 0 aliphatic carbocycles. The summed E-state index contributed by atoms with van der Waals surface area (Å²) in [7, 11) is 1.50. The molecule has 0 bridgehead atoms. The summed E-state index contributed by atoms with van der Waals surface area (Å²) in [6.07, 6.45) is -2.94. The quantitative estimate of drug-likeness (QED) is 0.614. The maximum absolute atomic E-state index is 12.7. The molecule has 4 nitrogen and oxygen atoms in total. The predicted molar refractivity (Wildman–Crippen MR) is 88.4 cm³/mol. The first kappa shape index (κ1) is 17.6. The average molecular weight is 388 g/mol. The molecule has 0 aliphatic rings. The minimum Gasteiger partial charge on any atom is -0.496 e. The largest absolute Gasteiger partial charge is 0.496 e. The van der Waals surface area contributed by atoms with E-state index in [1.54, 1.807) is 18.2 Å². The van der Waals surface area contributed by atoms with Crippen LogP contribution in [0.2, 0.25) is 10.0 Å². The van der Waals surface area contributed by atoms with Gasteiger partial charge in [0, 0.05) is 10.6 Å². The number of alkyl halides is 3. The number of benzene rings is 2. The average Bonchev–Trinajstić information content (AvgIpc) is 3.03. The molecule has 0 saturated carbocycles. The van der Waals surface area contributed by atoms with Crippen LogP contribution in [0.4, 0.5) is 13.2 Å². The van der Waals surface area contributed by atoms with Gasteiger partial charge in [-0.3, -0.25) is 0 Å². The van der Waals surface area contributed by atoms with E-state index >= 15 is 0 Å². The van der Waals surface area contributed by atoms with Gasteiger partial charge in [0.1, 0.15) is 11.4 Å². The highest BCUT2D eigenvalue weighted by Crippen LogP contribution is 2.34. The zero-order valence-electron chi connectivity index (χ0n) is 12.7. The Bertz CT molecular complexity index is 925. The van der Waals surface area contributed by atoms with E-state index in [-0.39, 0.29) is 10.7 Å². The molecule has 0 saturated heterocycles. The Morgan fingerprint density at radius 3 is 2.48 bits per heavy atom. The summed E-state index contributed by atoms with van der Waals surface area (Å²) in [5.74, 6) is 0.537. The fourth-order valence-corrected chi connectivity index (χ4v) is 2.69. The Morgan fingerprint density at radius 1 is 1.08 bits per heavy atom. The lowest BCUT2D eigenvalue weighted by Gasteiger charge is -2.09. The third-order valence-corrected chi connectivity index (χ3v) is 3.99. The van der Waals surface area contributed by atoms with Crippen molar-refractivity contribution in [1.82, 2.24) is 15.0 Å². The number of hydrogen-bond acceptors (Lipinski definition) is 3. The molecule has 0 N–H and O–H groups in total. The van der Waals surface area contributed by atoms with Gasteiger partial charge in [-0.15, -0.1) is 5.10 Å². The van der Waals surface area contributed by atoms with Gasteiger partial charge >= 0.3 is 6.18 Å². The first-order valence-corrected chi connectivity index (χ1v) is 7.68. The van der Waals surface area contributed by atoms with E-state index in [9.17, 15) is 13.2 Å². The van der Waals surface area contributed by atoms with Crippen LogP contribution in [0.3, 0.4) is 0 Å². The lowest BCUT2D eigenvalue weighted by atomic mass is 10.1. The van der Waals surface area contributed by atoms with Crippen molar-refractivity contribution in [2.75, 3.05) is 7.11 Å². The molecule has 1 heterocycles.